The van der Waals surface area contributed by atoms with Crippen LogP contribution >= 0.6 is 23.5 Å². The lowest BCUT2D eigenvalue weighted by atomic mass is 10.2. The second-order valence-electron chi connectivity index (χ2n) is 7.66. The molecule has 0 bridgehead atoms. The predicted molar refractivity (Wildman–Crippen MR) is 99.4 cm³/mol. The maximum absolute atomic E-state index is 5.58. The highest BCUT2D eigenvalue weighted by atomic mass is 32.2. The summed E-state index contributed by atoms with van der Waals surface area (Å²) in [5.74, 6) is 1.87. The van der Waals surface area contributed by atoms with Gasteiger partial charge in [-0.1, -0.05) is 54.1 Å². The lowest BCUT2D eigenvalue weighted by Gasteiger charge is -2.22. The van der Waals surface area contributed by atoms with E-state index in [0.29, 0.717) is 0 Å². The van der Waals surface area contributed by atoms with Crippen LogP contribution in [-0.2, 0) is 4.84 Å². The van der Waals surface area contributed by atoms with E-state index in [1.807, 2.05) is 44.3 Å². The van der Waals surface area contributed by atoms with Crippen LogP contribution in [0, 0.1) is 0 Å². The Hall–Kier alpha value is 0.170. The second-order valence-corrected chi connectivity index (χ2v) is 11.3. The van der Waals surface area contributed by atoms with Crippen molar-refractivity contribution in [1.82, 2.24) is 0 Å². The average Bonchev–Trinajstić information content (AvgIpc) is 2.11. The summed E-state index contributed by atoms with van der Waals surface area (Å²) in [4.78, 5) is 5.58. The van der Waals surface area contributed by atoms with Gasteiger partial charge in [-0.3, -0.25) is 0 Å². The van der Waals surface area contributed by atoms with Crippen molar-refractivity contribution in [3.8, 4) is 0 Å². The Balaban J connectivity index is 0. The fraction of sp³-hybridized carbons (Fsp3) is 0.938. The Labute approximate surface area is 135 Å². The van der Waals surface area contributed by atoms with Crippen molar-refractivity contribution in [3.05, 3.63) is 0 Å². The molecule has 0 spiro atoms. The molecule has 0 amide bonds. The summed E-state index contributed by atoms with van der Waals surface area (Å²) in [6, 6.07) is 0. The Morgan fingerprint density at radius 3 is 1.40 bits per heavy atom. The van der Waals surface area contributed by atoms with E-state index in [0.717, 1.165) is 17.2 Å². The van der Waals surface area contributed by atoms with Crippen LogP contribution in [0.3, 0.4) is 0 Å². The molecule has 0 unspecified atom stereocenters. The summed E-state index contributed by atoms with van der Waals surface area (Å²) in [6.45, 7) is 19.5. The van der Waals surface area contributed by atoms with Gasteiger partial charge in [-0.15, -0.1) is 23.5 Å². The molecular formula is C16H35NOS2. The van der Waals surface area contributed by atoms with E-state index in [1.165, 1.54) is 0 Å². The van der Waals surface area contributed by atoms with Gasteiger partial charge in [0.1, 0.15) is 5.60 Å². The number of hydrogen-bond acceptors (Lipinski definition) is 4. The van der Waals surface area contributed by atoms with E-state index in [-0.39, 0.29) is 22.5 Å². The molecule has 0 aromatic heterocycles. The molecule has 0 aromatic rings. The molecule has 0 aromatic carbocycles. The van der Waals surface area contributed by atoms with Crippen LogP contribution in [0.25, 0.3) is 0 Å². The van der Waals surface area contributed by atoms with Crippen molar-refractivity contribution in [2.45, 2.75) is 84.8 Å². The molecule has 0 aliphatic rings. The van der Waals surface area contributed by atoms with Crippen molar-refractivity contribution in [3.63, 3.8) is 0 Å². The number of rotatable bonds is 5. The zero-order chi connectivity index (χ0) is 15.3. The van der Waals surface area contributed by atoms with Gasteiger partial charge in [0, 0.05) is 21.0 Å². The Morgan fingerprint density at radius 1 is 0.800 bits per heavy atom. The third-order valence-electron chi connectivity index (χ3n) is 1.79. The maximum Gasteiger partial charge on any atom is 0.129 e. The number of oxime groups is 1. The van der Waals surface area contributed by atoms with Crippen molar-refractivity contribution in [1.29, 1.82) is 0 Å². The molecule has 0 radical (unpaired) electrons. The van der Waals surface area contributed by atoms with E-state index >= 15 is 0 Å². The van der Waals surface area contributed by atoms with Gasteiger partial charge in [-0.05, 0) is 20.8 Å². The van der Waals surface area contributed by atoms with Crippen LogP contribution in [0.2, 0.25) is 0 Å². The molecule has 0 fully saturated rings. The minimum atomic E-state index is -0.218. The molecule has 4 heteroatoms. The summed E-state index contributed by atoms with van der Waals surface area (Å²) in [5, 5.41) is 4.38. The smallest absolute Gasteiger partial charge is 0.129 e. The van der Waals surface area contributed by atoms with Gasteiger partial charge in [0.15, 0.2) is 0 Å². The normalized spacial score (nSPS) is 12.7. The molecule has 0 aliphatic heterocycles. The Morgan fingerprint density at radius 2 is 1.15 bits per heavy atom. The minimum Gasteiger partial charge on any atom is -0.390 e. The van der Waals surface area contributed by atoms with Crippen molar-refractivity contribution in [2.75, 3.05) is 11.5 Å². The van der Waals surface area contributed by atoms with E-state index in [9.17, 15) is 0 Å². The monoisotopic (exact) mass is 321 g/mol. The summed E-state index contributed by atoms with van der Waals surface area (Å²) >= 11 is 3.84. The zero-order valence-electron chi connectivity index (χ0n) is 14.1. The van der Waals surface area contributed by atoms with Crippen LogP contribution in [0.1, 0.15) is 69.7 Å². The van der Waals surface area contributed by atoms with Crippen molar-refractivity contribution in [2.24, 2.45) is 5.16 Å². The number of hydrogen-bond donors (Lipinski definition) is 0. The van der Waals surface area contributed by atoms with E-state index in [4.69, 9.17) is 4.84 Å². The van der Waals surface area contributed by atoms with Gasteiger partial charge in [0.05, 0.1) is 5.71 Å². The van der Waals surface area contributed by atoms with E-state index in [1.54, 1.807) is 0 Å². The van der Waals surface area contributed by atoms with Gasteiger partial charge in [-0.25, -0.2) is 0 Å². The first-order valence-corrected chi connectivity index (χ1v) is 8.77. The summed E-state index contributed by atoms with van der Waals surface area (Å²) in [5.41, 5.74) is 0.916. The highest BCUT2D eigenvalue weighted by Crippen LogP contribution is 2.27. The first kappa shape index (κ1) is 22.5. The highest BCUT2D eigenvalue weighted by Gasteiger charge is 2.18. The molecule has 0 saturated heterocycles. The van der Waals surface area contributed by atoms with E-state index in [2.05, 4.69) is 46.7 Å². The van der Waals surface area contributed by atoms with Crippen molar-refractivity contribution < 1.29 is 4.84 Å². The maximum atomic E-state index is 5.58. The third-order valence-corrected chi connectivity index (χ3v) is 4.48. The Kier molecular flexibility index (Phi) is 9.62. The predicted octanol–water partition coefficient (Wildman–Crippen LogP) is 5.86. The molecule has 0 heterocycles. The molecule has 0 saturated carbocycles. The quantitative estimate of drug-likeness (QED) is 0.468. The van der Waals surface area contributed by atoms with Gasteiger partial charge in [0.2, 0.25) is 0 Å². The van der Waals surface area contributed by atoms with Crippen molar-refractivity contribution >= 4 is 29.2 Å². The summed E-state index contributed by atoms with van der Waals surface area (Å²) in [7, 11) is 0. The van der Waals surface area contributed by atoms with Gasteiger partial charge < -0.3 is 4.84 Å². The SMILES string of the molecule is C.CC(C)(C)ON=C(CSC(C)(C)C)CSC(C)(C)C. The molecular weight excluding hydrogens is 286 g/mol. The first-order valence-electron chi connectivity index (χ1n) is 6.80. The van der Waals surface area contributed by atoms with Crippen LogP contribution in [-0.4, -0.2) is 32.3 Å². The average molecular weight is 322 g/mol. The van der Waals surface area contributed by atoms with Gasteiger partial charge in [-0.2, -0.15) is 0 Å². The molecule has 0 rings (SSSR count). The summed E-state index contributed by atoms with van der Waals surface area (Å²) < 4.78 is 0.518. The molecule has 0 aliphatic carbocycles. The first-order chi connectivity index (χ1) is 8.29. The van der Waals surface area contributed by atoms with Crippen LogP contribution < -0.4 is 0 Å². The fourth-order valence-electron chi connectivity index (χ4n) is 0.895. The number of nitrogens with zero attached hydrogens (tertiary/aromatic N) is 1. The molecule has 2 nitrogen and oxygen atoms in total. The summed E-state index contributed by atoms with van der Waals surface area (Å²) in [6.07, 6.45) is 0. The fourth-order valence-corrected chi connectivity index (χ4v) is 2.53. The van der Waals surface area contributed by atoms with Crippen LogP contribution in [0.15, 0.2) is 5.16 Å². The number of thioether (sulfide) groups is 2. The lowest BCUT2D eigenvalue weighted by Crippen LogP contribution is -2.21. The molecule has 0 atom stereocenters. The van der Waals surface area contributed by atoms with Crippen LogP contribution in [0.5, 0.6) is 0 Å². The van der Waals surface area contributed by atoms with E-state index < -0.39 is 0 Å². The largest absolute Gasteiger partial charge is 0.390 e. The standard InChI is InChI=1S/C15H31NOS2.CH4/c1-13(2,3)17-16-12(10-18-14(4,5)6)11-19-15(7,8)9;/h10-11H2,1-9H3;1H4. The minimum absolute atomic E-state index is 0. The Bertz CT molecular complexity index is 273. The molecule has 20 heavy (non-hydrogen) atoms. The second kappa shape index (κ2) is 8.57. The molecule has 0 N–H and O–H groups in total. The lowest BCUT2D eigenvalue weighted by molar-refractivity contribution is 0.000832. The molecule has 122 valence electrons. The van der Waals surface area contributed by atoms with Gasteiger partial charge >= 0.3 is 0 Å². The zero-order valence-corrected chi connectivity index (χ0v) is 15.7. The van der Waals surface area contributed by atoms with Gasteiger partial charge in [0.25, 0.3) is 0 Å². The highest BCUT2D eigenvalue weighted by molar-refractivity contribution is 8.02. The van der Waals surface area contributed by atoms with Crippen LogP contribution in [0.4, 0.5) is 0 Å². The topological polar surface area (TPSA) is 21.6 Å². The third kappa shape index (κ3) is 16.2.